The SMILES string of the molecule is O=S(=O)(NCC1([NH+]2CCCCC2)CCCCC1)c1ccc2c(c1)OCCO2. The lowest BCUT2D eigenvalue weighted by Crippen LogP contribution is -3.22. The van der Waals surface area contributed by atoms with E-state index in [0.29, 0.717) is 31.3 Å². The summed E-state index contributed by atoms with van der Waals surface area (Å²) in [6.45, 7) is 3.82. The van der Waals surface area contributed by atoms with E-state index in [0.717, 1.165) is 12.8 Å². The Kier molecular flexibility index (Phi) is 5.62. The molecule has 0 amide bonds. The number of quaternary nitrogens is 1. The van der Waals surface area contributed by atoms with Gasteiger partial charge in [0, 0.05) is 18.9 Å². The lowest BCUT2D eigenvalue weighted by Gasteiger charge is -2.45. The number of ether oxygens (including phenoxy) is 2. The fourth-order valence-corrected chi connectivity index (χ4v) is 6.04. The Labute approximate surface area is 162 Å². The maximum atomic E-state index is 13.0. The number of benzene rings is 1. The Balaban J connectivity index is 1.51. The molecule has 2 fully saturated rings. The van der Waals surface area contributed by atoms with Gasteiger partial charge in [0.1, 0.15) is 18.8 Å². The fourth-order valence-electron chi connectivity index (χ4n) is 4.90. The van der Waals surface area contributed by atoms with Crippen molar-refractivity contribution in [2.24, 2.45) is 0 Å². The molecule has 0 bridgehead atoms. The predicted molar refractivity (Wildman–Crippen MR) is 103 cm³/mol. The van der Waals surface area contributed by atoms with Gasteiger partial charge in [-0.1, -0.05) is 6.42 Å². The summed E-state index contributed by atoms with van der Waals surface area (Å²) in [5, 5.41) is 0. The first-order valence-corrected chi connectivity index (χ1v) is 11.8. The van der Waals surface area contributed by atoms with Crippen LogP contribution >= 0.6 is 0 Å². The second-order valence-corrected chi connectivity index (χ2v) is 9.90. The molecule has 0 aromatic heterocycles. The molecule has 7 heteroatoms. The van der Waals surface area contributed by atoms with Crippen LogP contribution in [-0.2, 0) is 10.0 Å². The average Bonchev–Trinajstić information content (AvgIpc) is 2.73. The highest BCUT2D eigenvalue weighted by atomic mass is 32.2. The summed E-state index contributed by atoms with van der Waals surface area (Å²) in [5.74, 6) is 1.12. The van der Waals surface area contributed by atoms with Crippen LogP contribution < -0.4 is 19.1 Å². The standard InChI is InChI=1S/C20H30N2O4S/c23-27(24,17-7-8-18-19(15-17)26-14-13-25-18)21-16-20(9-3-1-4-10-20)22-11-5-2-6-12-22/h7-8,15,21H,1-6,9-14,16H2/p+1. The monoisotopic (exact) mass is 395 g/mol. The number of piperidine rings is 1. The third kappa shape index (κ3) is 4.10. The van der Waals surface area contributed by atoms with Gasteiger partial charge in [-0.3, -0.25) is 0 Å². The van der Waals surface area contributed by atoms with Crippen LogP contribution in [0.3, 0.4) is 0 Å². The van der Waals surface area contributed by atoms with E-state index in [1.54, 1.807) is 23.1 Å². The Hall–Kier alpha value is -1.31. The molecular formula is C20H31N2O4S+. The molecule has 1 saturated carbocycles. The number of fused-ring (bicyclic) bond motifs is 1. The first-order chi connectivity index (χ1) is 13.1. The Bertz CT molecular complexity index is 753. The van der Waals surface area contributed by atoms with Gasteiger partial charge < -0.3 is 14.4 Å². The number of rotatable bonds is 5. The minimum atomic E-state index is -3.57. The van der Waals surface area contributed by atoms with E-state index in [2.05, 4.69) is 4.72 Å². The van der Waals surface area contributed by atoms with E-state index < -0.39 is 10.0 Å². The summed E-state index contributed by atoms with van der Waals surface area (Å²) in [5.41, 5.74) is 0.0551. The van der Waals surface area contributed by atoms with Gasteiger partial charge in [0.05, 0.1) is 24.5 Å². The van der Waals surface area contributed by atoms with Crippen molar-refractivity contribution in [2.45, 2.75) is 61.8 Å². The van der Waals surface area contributed by atoms with E-state index in [4.69, 9.17) is 9.47 Å². The van der Waals surface area contributed by atoms with Crippen molar-refractivity contribution in [2.75, 3.05) is 32.8 Å². The maximum Gasteiger partial charge on any atom is 0.240 e. The first-order valence-electron chi connectivity index (χ1n) is 10.3. The molecule has 2 heterocycles. The van der Waals surface area contributed by atoms with Crippen molar-refractivity contribution < 1.29 is 22.8 Å². The van der Waals surface area contributed by atoms with Crippen LogP contribution in [-0.4, -0.2) is 46.8 Å². The summed E-state index contributed by atoms with van der Waals surface area (Å²) in [4.78, 5) is 1.87. The molecule has 4 rings (SSSR count). The zero-order chi connectivity index (χ0) is 18.7. The molecule has 27 heavy (non-hydrogen) atoms. The van der Waals surface area contributed by atoms with Crippen LogP contribution in [0.5, 0.6) is 11.5 Å². The minimum absolute atomic E-state index is 0.0551. The normalized spacial score (nSPS) is 23.1. The smallest absolute Gasteiger partial charge is 0.240 e. The van der Waals surface area contributed by atoms with Crippen molar-refractivity contribution >= 4 is 10.0 Å². The van der Waals surface area contributed by atoms with Gasteiger partial charge in [-0.25, -0.2) is 13.1 Å². The molecule has 0 unspecified atom stereocenters. The number of likely N-dealkylation sites (tertiary alicyclic amines) is 1. The quantitative estimate of drug-likeness (QED) is 0.793. The molecule has 150 valence electrons. The molecule has 2 N–H and O–H groups in total. The summed E-state index contributed by atoms with van der Waals surface area (Å²) in [6, 6.07) is 4.88. The summed E-state index contributed by atoms with van der Waals surface area (Å²) in [6.07, 6.45) is 9.73. The van der Waals surface area contributed by atoms with Crippen molar-refractivity contribution in [3.8, 4) is 11.5 Å². The number of hydrogen-bond donors (Lipinski definition) is 2. The predicted octanol–water partition coefficient (Wildman–Crippen LogP) is 1.51. The molecule has 2 aliphatic heterocycles. The van der Waals surface area contributed by atoms with Crippen molar-refractivity contribution in [3.63, 3.8) is 0 Å². The molecule has 3 aliphatic rings. The van der Waals surface area contributed by atoms with Gasteiger partial charge in [-0.2, -0.15) is 0 Å². The first kappa shape index (κ1) is 19.0. The molecule has 1 saturated heterocycles. The molecule has 6 nitrogen and oxygen atoms in total. The second kappa shape index (κ2) is 7.97. The highest BCUT2D eigenvalue weighted by Crippen LogP contribution is 2.32. The minimum Gasteiger partial charge on any atom is -0.486 e. The largest absolute Gasteiger partial charge is 0.486 e. The third-order valence-electron chi connectivity index (χ3n) is 6.44. The lowest BCUT2D eigenvalue weighted by molar-refractivity contribution is -0.957. The summed E-state index contributed by atoms with van der Waals surface area (Å²) >= 11 is 0. The number of hydrogen-bond acceptors (Lipinski definition) is 4. The van der Waals surface area contributed by atoms with Gasteiger partial charge in [0.25, 0.3) is 0 Å². The molecule has 1 aromatic rings. The van der Waals surface area contributed by atoms with Gasteiger partial charge in [-0.15, -0.1) is 0 Å². The van der Waals surface area contributed by atoms with Crippen LogP contribution in [0.25, 0.3) is 0 Å². The highest BCUT2D eigenvalue weighted by Gasteiger charge is 2.43. The zero-order valence-electron chi connectivity index (χ0n) is 16.0. The van der Waals surface area contributed by atoms with Gasteiger partial charge in [-0.05, 0) is 44.2 Å². The number of nitrogens with one attached hydrogen (secondary N) is 2. The molecule has 0 atom stereocenters. The van der Waals surface area contributed by atoms with E-state index in [1.807, 2.05) is 0 Å². The molecule has 1 aromatic carbocycles. The Morgan fingerprint density at radius 3 is 2.33 bits per heavy atom. The molecular weight excluding hydrogens is 364 g/mol. The van der Waals surface area contributed by atoms with Crippen molar-refractivity contribution in [3.05, 3.63) is 18.2 Å². The van der Waals surface area contributed by atoms with Gasteiger partial charge in [0.15, 0.2) is 11.5 Å². The Morgan fingerprint density at radius 1 is 0.926 bits per heavy atom. The van der Waals surface area contributed by atoms with Crippen LogP contribution in [0.2, 0.25) is 0 Å². The van der Waals surface area contributed by atoms with Crippen LogP contribution in [0.15, 0.2) is 23.1 Å². The van der Waals surface area contributed by atoms with Crippen molar-refractivity contribution in [1.82, 2.24) is 4.72 Å². The van der Waals surface area contributed by atoms with Crippen molar-refractivity contribution in [1.29, 1.82) is 0 Å². The topological polar surface area (TPSA) is 69.1 Å². The van der Waals surface area contributed by atoms with E-state index >= 15 is 0 Å². The number of sulfonamides is 1. The van der Waals surface area contributed by atoms with Gasteiger partial charge in [0.2, 0.25) is 10.0 Å². The van der Waals surface area contributed by atoms with Crippen LogP contribution in [0, 0.1) is 0 Å². The highest BCUT2D eigenvalue weighted by molar-refractivity contribution is 7.89. The average molecular weight is 396 g/mol. The summed E-state index contributed by atoms with van der Waals surface area (Å²) < 4.78 is 39.9. The second-order valence-electron chi connectivity index (χ2n) is 8.14. The lowest BCUT2D eigenvalue weighted by atomic mass is 9.79. The molecule has 1 aliphatic carbocycles. The molecule has 0 spiro atoms. The van der Waals surface area contributed by atoms with Crippen LogP contribution in [0.1, 0.15) is 51.4 Å². The van der Waals surface area contributed by atoms with E-state index in [1.165, 1.54) is 51.6 Å². The fraction of sp³-hybridized carbons (Fsp3) is 0.700. The van der Waals surface area contributed by atoms with Gasteiger partial charge >= 0.3 is 0 Å². The maximum absolute atomic E-state index is 13.0. The summed E-state index contributed by atoms with van der Waals surface area (Å²) in [7, 11) is -3.57. The van der Waals surface area contributed by atoms with E-state index in [9.17, 15) is 8.42 Å². The Morgan fingerprint density at radius 2 is 1.59 bits per heavy atom. The molecule has 0 radical (unpaired) electrons. The van der Waals surface area contributed by atoms with Crippen LogP contribution in [0.4, 0.5) is 0 Å². The third-order valence-corrected chi connectivity index (χ3v) is 7.84. The zero-order valence-corrected chi connectivity index (χ0v) is 16.8. The van der Waals surface area contributed by atoms with E-state index in [-0.39, 0.29) is 10.4 Å².